The van der Waals surface area contributed by atoms with Crippen LogP contribution in [0.1, 0.15) is 32.2 Å². The monoisotopic (exact) mass is 303 g/mol. The SMILES string of the molecule is CCn1nc(C)c(Br)c1CC(N)C(C)(C)OC. The average Bonchev–Trinajstić information content (AvgIpc) is 2.56. The summed E-state index contributed by atoms with van der Waals surface area (Å²) in [5.41, 5.74) is 8.02. The third-order valence-corrected chi connectivity index (χ3v) is 4.32. The number of methoxy groups -OCH3 is 1. The van der Waals surface area contributed by atoms with Gasteiger partial charge in [-0.2, -0.15) is 5.10 Å². The van der Waals surface area contributed by atoms with Crippen molar-refractivity contribution >= 4 is 15.9 Å². The highest BCUT2D eigenvalue weighted by molar-refractivity contribution is 9.10. The number of ether oxygens (including phenoxy) is 1. The standard InChI is InChI=1S/C12H22BrN3O/c1-6-16-9(11(13)8(2)15-16)7-10(14)12(3,4)17-5/h10H,6-7,14H2,1-5H3. The number of rotatable bonds is 5. The Morgan fingerprint density at radius 2 is 2.12 bits per heavy atom. The molecule has 17 heavy (non-hydrogen) atoms. The molecule has 1 unspecified atom stereocenters. The van der Waals surface area contributed by atoms with Crippen molar-refractivity contribution in [3.05, 3.63) is 15.9 Å². The molecule has 1 rings (SSSR count). The van der Waals surface area contributed by atoms with Crippen LogP contribution in [0.5, 0.6) is 0 Å². The van der Waals surface area contributed by atoms with Gasteiger partial charge < -0.3 is 10.5 Å². The summed E-state index contributed by atoms with van der Waals surface area (Å²) in [7, 11) is 1.69. The molecule has 0 aliphatic heterocycles. The van der Waals surface area contributed by atoms with Gasteiger partial charge in [-0.1, -0.05) is 0 Å². The van der Waals surface area contributed by atoms with E-state index in [2.05, 4.69) is 28.0 Å². The maximum atomic E-state index is 6.21. The lowest BCUT2D eigenvalue weighted by Crippen LogP contribution is -2.46. The molecule has 2 N–H and O–H groups in total. The Bertz CT molecular complexity index is 387. The maximum Gasteiger partial charge on any atom is 0.0776 e. The molecule has 0 saturated carbocycles. The molecule has 98 valence electrons. The van der Waals surface area contributed by atoms with Gasteiger partial charge in [-0.05, 0) is 43.6 Å². The molecule has 0 fully saturated rings. The number of aromatic nitrogens is 2. The van der Waals surface area contributed by atoms with Gasteiger partial charge in [-0.15, -0.1) is 0 Å². The van der Waals surface area contributed by atoms with E-state index in [4.69, 9.17) is 10.5 Å². The van der Waals surface area contributed by atoms with Gasteiger partial charge in [0, 0.05) is 26.1 Å². The van der Waals surface area contributed by atoms with E-state index in [0.717, 1.165) is 28.8 Å². The van der Waals surface area contributed by atoms with Gasteiger partial charge in [-0.25, -0.2) is 0 Å². The Morgan fingerprint density at radius 3 is 2.59 bits per heavy atom. The predicted octanol–water partition coefficient (Wildman–Crippen LogP) is 2.27. The van der Waals surface area contributed by atoms with Crippen LogP contribution >= 0.6 is 15.9 Å². The summed E-state index contributed by atoms with van der Waals surface area (Å²) in [5, 5.41) is 4.46. The van der Waals surface area contributed by atoms with Crippen molar-refractivity contribution in [3.8, 4) is 0 Å². The molecule has 1 heterocycles. The van der Waals surface area contributed by atoms with Crippen LogP contribution in [0.4, 0.5) is 0 Å². The van der Waals surface area contributed by atoms with Gasteiger partial charge in [0.1, 0.15) is 0 Å². The summed E-state index contributed by atoms with van der Waals surface area (Å²) in [6, 6.07) is -0.0646. The van der Waals surface area contributed by atoms with Gasteiger partial charge in [-0.3, -0.25) is 4.68 Å². The lowest BCUT2D eigenvalue weighted by molar-refractivity contribution is 0.000312. The second-order valence-electron chi connectivity index (χ2n) is 4.78. The van der Waals surface area contributed by atoms with Crippen LogP contribution in [0.25, 0.3) is 0 Å². The van der Waals surface area contributed by atoms with Crippen molar-refractivity contribution in [2.75, 3.05) is 7.11 Å². The van der Waals surface area contributed by atoms with E-state index in [1.807, 2.05) is 25.5 Å². The second kappa shape index (κ2) is 5.50. The molecular weight excluding hydrogens is 282 g/mol. The van der Waals surface area contributed by atoms with Crippen LogP contribution in [0, 0.1) is 6.92 Å². The summed E-state index contributed by atoms with van der Waals surface area (Å²) >= 11 is 3.58. The Labute approximate surface area is 112 Å². The van der Waals surface area contributed by atoms with E-state index >= 15 is 0 Å². The third kappa shape index (κ3) is 3.09. The molecule has 0 spiro atoms. The van der Waals surface area contributed by atoms with Crippen molar-refractivity contribution in [2.45, 2.75) is 52.3 Å². The van der Waals surface area contributed by atoms with E-state index in [0.29, 0.717) is 0 Å². The molecule has 0 aromatic carbocycles. The minimum Gasteiger partial charge on any atom is -0.377 e. The zero-order chi connectivity index (χ0) is 13.2. The van der Waals surface area contributed by atoms with Crippen molar-refractivity contribution in [2.24, 2.45) is 5.73 Å². The summed E-state index contributed by atoms with van der Waals surface area (Å²) < 4.78 is 8.47. The van der Waals surface area contributed by atoms with E-state index in [1.54, 1.807) is 7.11 Å². The van der Waals surface area contributed by atoms with Crippen LogP contribution in [0.3, 0.4) is 0 Å². The average molecular weight is 304 g/mol. The van der Waals surface area contributed by atoms with Crippen molar-refractivity contribution < 1.29 is 4.74 Å². The summed E-state index contributed by atoms with van der Waals surface area (Å²) in [6.07, 6.45) is 0.746. The first-order valence-corrected chi connectivity index (χ1v) is 6.65. The number of nitrogens with two attached hydrogens (primary N) is 1. The molecule has 0 amide bonds. The fourth-order valence-electron chi connectivity index (χ4n) is 1.67. The Balaban J connectivity index is 2.95. The molecule has 0 saturated heterocycles. The fraction of sp³-hybridized carbons (Fsp3) is 0.750. The number of hydrogen-bond acceptors (Lipinski definition) is 3. The summed E-state index contributed by atoms with van der Waals surface area (Å²) in [6.45, 7) is 8.93. The second-order valence-corrected chi connectivity index (χ2v) is 5.57. The first-order valence-electron chi connectivity index (χ1n) is 5.86. The van der Waals surface area contributed by atoms with Gasteiger partial charge >= 0.3 is 0 Å². The highest BCUT2D eigenvalue weighted by Crippen LogP contribution is 2.24. The molecule has 1 aromatic rings. The molecule has 0 bridgehead atoms. The van der Waals surface area contributed by atoms with Gasteiger partial charge in [0.05, 0.1) is 21.5 Å². The molecule has 0 aliphatic carbocycles. The molecule has 1 aromatic heterocycles. The van der Waals surface area contributed by atoms with Crippen molar-refractivity contribution in [1.82, 2.24) is 9.78 Å². The first-order chi connectivity index (χ1) is 7.83. The van der Waals surface area contributed by atoms with Crippen LogP contribution in [0.2, 0.25) is 0 Å². The Morgan fingerprint density at radius 1 is 1.53 bits per heavy atom. The van der Waals surface area contributed by atoms with Gasteiger partial charge in [0.15, 0.2) is 0 Å². The van der Waals surface area contributed by atoms with E-state index in [9.17, 15) is 0 Å². The largest absolute Gasteiger partial charge is 0.377 e. The highest BCUT2D eigenvalue weighted by atomic mass is 79.9. The topological polar surface area (TPSA) is 53.1 Å². The van der Waals surface area contributed by atoms with E-state index < -0.39 is 0 Å². The molecule has 5 heteroatoms. The van der Waals surface area contributed by atoms with E-state index in [1.165, 1.54) is 0 Å². The molecule has 4 nitrogen and oxygen atoms in total. The lowest BCUT2D eigenvalue weighted by Gasteiger charge is -2.30. The molecule has 0 aliphatic rings. The predicted molar refractivity (Wildman–Crippen MR) is 73.1 cm³/mol. The van der Waals surface area contributed by atoms with Crippen LogP contribution in [-0.4, -0.2) is 28.5 Å². The summed E-state index contributed by atoms with van der Waals surface area (Å²) in [5.74, 6) is 0. The zero-order valence-corrected chi connectivity index (χ0v) is 12.8. The quantitative estimate of drug-likeness (QED) is 0.908. The van der Waals surface area contributed by atoms with Gasteiger partial charge in [0.25, 0.3) is 0 Å². The molecular formula is C12H22BrN3O. The first kappa shape index (κ1) is 14.7. The van der Waals surface area contributed by atoms with Crippen LogP contribution in [0.15, 0.2) is 4.47 Å². The minimum atomic E-state index is -0.337. The third-order valence-electron chi connectivity index (χ3n) is 3.29. The molecule has 1 atom stereocenters. The lowest BCUT2D eigenvalue weighted by atomic mass is 9.95. The Kier molecular flexibility index (Phi) is 4.75. The van der Waals surface area contributed by atoms with Crippen LogP contribution in [-0.2, 0) is 17.7 Å². The van der Waals surface area contributed by atoms with Crippen LogP contribution < -0.4 is 5.73 Å². The zero-order valence-electron chi connectivity index (χ0n) is 11.2. The smallest absolute Gasteiger partial charge is 0.0776 e. The van der Waals surface area contributed by atoms with Crippen molar-refractivity contribution in [1.29, 1.82) is 0 Å². The highest BCUT2D eigenvalue weighted by Gasteiger charge is 2.28. The summed E-state index contributed by atoms with van der Waals surface area (Å²) in [4.78, 5) is 0. The normalized spacial score (nSPS) is 14.1. The Hall–Kier alpha value is -0.390. The maximum absolute atomic E-state index is 6.21. The van der Waals surface area contributed by atoms with Gasteiger partial charge in [0.2, 0.25) is 0 Å². The van der Waals surface area contributed by atoms with Crippen molar-refractivity contribution in [3.63, 3.8) is 0 Å². The minimum absolute atomic E-state index is 0.0646. The molecule has 0 radical (unpaired) electrons. The number of nitrogens with zero attached hydrogens (tertiary/aromatic N) is 2. The fourth-order valence-corrected chi connectivity index (χ4v) is 2.12. The number of aryl methyl sites for hydroxylation is 2. The van der Waals surface area contributed by atoms with E-state index in [-0.39, 0.29) is 11.6 Å². The number of hydrogen-bond donors (Lipinski definition) is 1. The number of halogens is 1.